The van der Waals surface area contributed by atoms with Crippen molar-refractivity contribution in [2.75, 3.05) is 31.6 Å². The number of nitrogens with one attached hydrogen (secondary N) is 1. The Hall–Kier alpha value is -3.46. The molecule has 1 aliphatic heterocycles. The summed E-state index contributed by atoms with van der Waals surface area (Å²) < 4.78 is 2.03. The van der Waals surface area contributed by atoms with Crippen LogP contribution in [0.15, 0.2) is 58.5 Å². The number of carbonyl (C=O) groups is 2. The van der Waals surface area contributed by atoms with Gasteiger partial charge in [-0.1, -0.05) is 42.8 Å². The van der Waals surface area contributed by atoms with E-state index in [-0.39, 0.29) is 24.6 Å². The third-order valence-corrected chi connectivity index (χ3v) is 6.94. The first-order valence-electron chi connectivity index (χ1n) is 11.8. The number of aromatic nitrogens is 2. The number of anilines is 1. The van der Waals surface area contributed by atoms with E-state index in [0.717, 1.165) is 16.8 Å². The summed E-state index contributed by atoms with van der Waals surface area (Å²) in [6.07, 6.45) is 3.37. The molecule has 1 saturated heterocycles. The van der Waals surface area contributed by atoms with Crippen LogP contribution in [0.1, 0.15) is 28.4 Å². The highest BCUT2D eigenvalue weighted by molar-refractivity contribution is 9.10. The van der Waals surface area contributed by atoms with Crippen molar-refractivity contribution >= 4 is 44.5 Å². The highest BCUT2D eigenvalue weighted by Crippen LogP contribution is 2.33. The lowest BCUT2D eigenvalue weighted by molar-refractivity contribution is -0.137. The Labute approximate surface area is 218 Å². The molecule has 4 rings (SSSR count). The Morgan fingerprint density at radius 3 is 2.61 bits per heavy atom. The second-order valence-electron chi connectivity index (χ2n) is 9.38. The Morgan fingerprint density at radius 1 is 1.28 bits per heavy atom. The first-order valence-corrected chi connectivity index (χ1v) is 12.6. The Morgan fingerprint density at radius 2 is 1.97 bits per heavy atom. The summed E-state index contributed by atoms with van der Waals surface area (Å²) in [5, 5.41) is 3.45. The quantitative estimate of drug-likeness (QED) is 0.433. The summed E-state index contributed by atoms with van der Waals surface area (Å²) in [5.74, 6) is -0.229. The number of amides is 2. The van der Waals surface area contributed by atoms with Crippen LogP contribution in [0.3, 0.4) is 0 Å². The molecule has 3 heterocycles. The Kier molecular flexibility index (Phi) is 7.59. The van der Waals surface area contributed by atoms with Crippen LogP contribution in [-0.2, 0) is 17.9 Å². The van der Waals surface area contributed by atoms with Gasteiger partial charge in [-0.25, -0.2) is 4.98 Å². The van der Waals surface area contributed by atoms with Gasteiger partial charge in [-0.05, 0) is 40.4 Å². The zero-order chi connectivity index (χ0) is 26.0. The number of rotatable bonds is 8. The minimum Gasteiger partial charge on any atom is -0.369 e. The van der Waals surface area contributed by atoms with Crippen LogP contribution in [0, 0.1) is 12.8 Å². The maximum Gasteiger partial charge on any atom is 0.265 e. The fourth-order valence-corrected chi connectivity index (χ4v) is 5.00. The SMILES string of the molecule is C=CCN(C)c1c(Br)cnc2c1cc(C(=O)NCc1ccc(C)cc1)c(=O)n2CC(=O)N1CC(C)C1. The number of benzene rings is 1. The van der Waals surface area contributed by atoms with E-state index in [1.165, 1.54) is 4.57 Å². The van der Waals surface area contributed by atoms with Crippen LogP contribution in [0.5, 0.6) is 0 Å². The van der Waals surface area contributed by atoms with Crippen molar-refractivity contribution < 1.29 is 9.59 Å². The smallest absolute Gasteiger partial charge is 0.265 e. The third-order valence-electron chi connectivity index (χ3n) is 6.36. The predicted octanol–water partition coefficient (Wildman–Crippen LogP) is 3.50. The lowest BCUT2D eigenvalue weighted by Gasteiger charge is -2.37. The van der Waals surface area contributed by atoms with E-state index >= 15 is 0 Å². The highest BCUT2D eigenvalue weighted by Gasteiger charge is 2.29. The molecule has 0 aliphatic carbocycles. The Balaban J connectivity index is 1.78. The molecule has 2 amide bonds. The minimum atomic E-state index is -0.544. The number of fused-ring (bicyclic) bond motifs is 1. The van der Waals surface area contributed by atoms with Crippen molar-refractivity contribution in [1.82, 2.24) is 19.8 Å². The number of nitrogens with zero attached hydrogens (tertiary/aromatic N) is 4. The van der Waals surface area contributed by atoms with Crippen molar-refractivity contribution in [2.45, 2.75) is 26.9 Å². The standard InChI is InChI=1S/C27H30BrN5O3/c1-5-10-31(4)24-20-11-21(26(35)30-12-19-8-6-17(2)7-9-19)27(36)33(25(20)29-13-22(24)28)16-23(34)32-14-18(3)15-32/h5-9,11,13,18H,1,10,12,14-16H2,2-4H3,(H,30,35). The molecule has 0 spiro atoms. The lowest BCUT2D eigenvalue weighted by Crippen LogP contribution is -2.50. The molecule has 1 aromatic carbocycles. The molecule has 2 aromatic heterocycles. The summed E-state index contributed by atoms with van der Waals surface area (Å²) in [5.41, 5.74) is 2.58. The van der Waals surface area contributed by atoms with Gasteiger partial charge in [-0.15, -0.1) is 6.58 Å². The van der Waals surface area contributed by atoms with Crippen molar-refractivity contribution in [3.8, 4) is 0 Å². The maximum atomic E-state index is 13.6. The van der Waals surface area contributed by atoms with Crippen LogP contribution >= 0.6 is 15.9 Å². The van der Waals surface area contributed by atoms with Gasteiger partial charge in [0, 0.05) is 44.8 Å². The van der Waals surface area contributed by atoms with Gasteiger partial charge < -0.3 is 15.1 Å². The average molecular weight is 552 g/mol. The summed E-state index contributed by atoms with van der Waals surface area (Å²) in [6, 6.07) is 9.38. The van der Waals surface area contributed by atoms with Crippen molar-refractivity contribution in [3.63, 3.8) is 0 Å². The molecule has 1 N–H and O–H groups in total. The van der Waals surface area contributed by atoms with Gasteiger partial charge in [-0.3, -0.25) is 19.0 Å². The first kappa shape index (κ1) is 25.6. The van der Waals surface area contributed by atoms with Gasteiger partial charge in [0.05, 0.1) is 10.2 Å². The third kappa shape index (κ3) is 5.21. The molecule has 0 bridgehead atoms. The van der Waals surface area contributed by atoms with E-state index in [4.69, 9.17) is 0 Å². The number of carbonyl (C=O) groups excluding carboxylic acids is 2. The molecule has 0 unspecified atom stereocenters. The second kappa shape index (κ2) is 10.7. The number of likely N-dealkylation sites (tertiary alicyclic amines) is 1. The predicted molar refractivity (Wildman–Crippen MR) is 145 cm³/mol. The van der Waals surface area contributed by atoms with E-state index in [1.54, 1.807) is 23.2 Å². The highest BCUT2D eigenvalue weighted by atomic mass is 79.9. The van der Waals surface area contributed by atoms with Gasteiger partial charge in [-0.2, -0.15) is 0 Å². The average Bonchev–Trinajstić information content (AvgIpc) is 2.82. The van der Waals surface area contributed by atoms with Gasteiger partial charge in [0.2, 0.25) is 5.91 Å². The molecule has 188 valence electrons. The molecule has 9 heteroatoms. The number of likely N-dealkylation sites (N-methyl/N-ethyl adjacent to an activating group) is 1. The largest absolute Gasteiger partial charge is 0.369 e. The summed E-state index contributed by atoms with van der Waals surface area (Å²) in [7, 11) is 1.89. The second-order valence-corrected chi connectivity index (χ2v) is 10.2. The van der Waals surface area contributed by atoms with Crippen molar-refractivity contribution in [3.05, 3.63) is 80.7 Å². The van der Waals surface area contributed by atoms with Crippen molar-refractivity contribution in [1.29, 1.82) is 0 Å². The van der Waals surface area contributed by atoms with Crippen LogP contribution in [0.2, 0.25) is 0 Å². The summed E-state index contributed by atoms with van der Waals surface area (Å²) in [6.45, 7) is 9.84. The zero-order valence-electron chi connectivity index (χ0n) is 20.8. The van der Waals surface area contributed by atoms with Crippen molar-refractivity contribution in [2.24, 2.45) is 5.92 Å². The van der Waals surface area contributed by atoms with Gasteiger partial charge in [0.25, 0.3) is 11.5 Å². The molecule has 36 heavy (non-hydrogen) atoms. The van der Waals surface area contributed by atoms with Crippen LogP contribution in [0.25, 0.3) is 11.0 Å². The van der Waals surface area contributed by atoms with Crippen LogP contribution < -0.4 is 15.8 Å². The lowest BCUT2D eigenvalue weighted by atomic mass is 10.0. The fraction of sp³-hybridized carbons (Fsp3) is 0.333. The van der Waals surface area contributed by atoms with Gasteiger partial charge in [0.1, 0.15) is 17.8 Å². The van der Waals surface area contributed by atoms with E-state index in [9.17, 15) is 14.4 Å². The van der Waals surface area contributed by atoms with E-state index in [0.29, 0.717) is 41.1 Å². The van der Waals surface area contributed by atoms with E-state index in [1.807, 2.05) is 43.1 Å². The monoisotopic (exact) mass is 551 g/mol. The number of halogens is 1. The Bertz CT molecular complexity index is 1380. The summed E-state index contributed by atoms with van der Waals surface area (Å²) in [4.78, 5) is 47.9. The molecule has 3 aromatic rings. The normalized spacial score (nSPS) is 13.4. The van der Waals surface area contributed by atoms with Crippen LogP contribution in [0.4, 0.5) is 5.69 Å². The molecule has 0 radical (unpaired) electrons. The molecular formula is C27H30BrN5O3. The number of aryl methyl sites for hydroxylation is 1. The minimum absolute atomic E-state index is 0.0347. The summed E-state index contributed by atoms with van der Waals surface area (Å²) >= 11 is 3.56. The number of hydrogen-bond acceptors (Lipinski definition) is 5. The van der Waals surface area contributed by atoms with Gasteiger partial charge in [0.15, 0.2) is 0 Å². The van der Waals surface area contributed by atoms with E-state index in [2.05, 4.69) is 39.7 Å². The van der Waals surface area contributed by atoms with Crippen LogP contribution in [-0.4, -0.2) is 52.9 Å². The van der Waals surface area contributed by atoms with E-state index < -0.39 is 11.5 Å². The molecular weight excluding hydrogens is 522 g/mol. The fourth-order valence-electron chi connectivity index (χ4n) is 4.38. The topological polar surface area (TPSA) is 87.5 Å². The number of pyridine rings is 2. The number of hydrogen-bond donors (Lipinski definition) is 1. The molecule has 0 atom stereocenters. The molecule has 0 saturated carbocycles. The first-order chi connectivity index (χ1) is 17.2. The molecule has 1 fully saturated rings. The molecule has 8 nitrogen and oxygen atoms in total. The van der Waals surface area contributed by atoms with Gasteiger partial charge >= 0.3 is 0 Å². The maximum absolute atomic E-state index is 13.6. The zero-order valence-corrected chi connectivity index (χ0v) is 22.3. The molecule has 1 aliphatic rings.